The van der Waals surface area contributed by atoms with Crippen LogP contribution in [0.2, 0.25) is 0 Å². The molecule has 0 unspecified atom stereocenters. The van der Waals surface area contributed by atoms with Gasteiger partial charge in [0.2, 0.25) is 0 Å². The first-order valence-corrected chi connectivity index (χ1v) is 6.15. The molecule has 0 aliphatic heterocycles. The Morgan fingerprint density at radius 3 is 2.67 bits per heavy atom. The molecule has 1 N–H and O–H groups in total. The number of hydrogen-bond donors (Lipinski definition) is 1. The number of thiazole rings is 1. The molecular formula is C11H13F3N2OS. The molecule has 1 heterocycles. The molecule has 0 spiro atoms. The number of Topliss-reactive ketones (excluding diaryl/α,β-unsaturated/α-hetero) is 1. The molecule has 0 fully saturated rings. The number of allylic oxidation sites excluding steroid dienone is 1. The summed E-state index contributed by atoms with van der Waals surface area (Å²) in [6, 6.07) is 0. The Kier molecular flexibility index (Phi) is 4.89. The fourth-order valence-corrected chi connectivity index (χ4v) is 1.93. The van der Waals surface area contributed by atoms with E-state index in [1.54, 1.807) is 19.9 Å². The number of nitrogens with zero attached hydrogens (tertiary/aromatic N) is 1. The van der Waals surface area contributed by atoms with E-state index in [2.05, 4.69) is 10.3 Å². The molecule has 0 saturated heterocycles. The number of hydrogen-bond acceptors (Lipinski definition) is 4. The van der Waals surface area contributed by atoms with Gasteiger partial charge in [0.05, 0.1) is 6.20 Å². The van der Waals surface area contributed by atoms with E-state index < -0.39 is 11.1 Å². The van der Waals surface area contributed by atoms with Crippen molar-refractivity contribution in [3.63, 3.8) is 0 Å². The lowest BCUT2D eigenvalue weighted by molar-refractivity contribution is -0.134. The molecule has 0 aromatic carbocycles. The lowest BCUT2D eigenvalue weighted by Crippen LogP contribution is -2.11. The second kappa shape index (κ2) is 5.99. The average molecular weight is 278 g/mol. The van der Waals surface area contributed by atoms with Gasteiger partial charge in [0.25, 0.3) is 0 Å². The third kappa shape index (κ3) is 3.83. The van der Waals surface area contributed by atoms with Crippen LogP contribution in [0.3, 0.4) is 0 Å². The molecule has 0 aliphatic rings. The molecule has 0 radical (unpaired) electrons. The molecule has 18 heavy (non-hydrogen) atoms. The molecule has 1 aromatic rings. The number of halogens is 3. The number of alkyl halides is 3. The molecule has 0 atom stereocenters. The predicted octanol–water partition coefficient (Wildman–Crippen LogP) is 3.50. The summed E-state index contributed by atoms with van der Waals surface area (Å²) in [4.78, 5) is 14.3. The lowest BCUT2D eigenvalue weighted by atomic mass is 10.1. The van der Waals surface area contributed by atoms with Gasteiger partial charge in [-0.3, -0.25) is 4.79 Å². The molecule has 1 rings (SSSR count). The second-order valence-electron chi connectivity index (χ2n) is 3.47. The first-order valence-electron chi connectivity index (χ1n) is 5.33. The van der Waals surface area contributed by atoms with E-state index in [0.717, 1.165) is 6.20 Å². The van der Waals surface area contributed by atoms with Crippen LogP contribution in [-0.4, -0.2) is 17.3 Å². The van der Waals surface area contributed by atoms with Crippen molar-refractivity contribution in [3.05, 3.63) is 22.7 Å². The van der Waals surface area contributed by atoms with E-state index in [1.807, 2.05) is 0 Å². The zero-order chi connectivity index (χ0) is 13.8. The fourth-order valence-electron chi connectivity index (χ4n) is 1.25. The van der Waals surface area contributed by atoms with E-state index in [4.69, 9.17) is 0 Å². The Balaban J connectivity index is 2.64. The van der Waals surface area contributed by atoms with Gasteiger partial charge in [0.1, 0.15) is 4.88 Å². The molecular weight excluding hydrogens is 265 g/mol. The fraction of sp³-hybridized carbons (Fsp3) is 0.455. The van der Waals surface area contributed by atoms with E-state index in [1.165, 1.54) is 0 Å². The molecule has 100 valence electrons. The zero-order valence-electron chi connectivity index (χ0n) is 9.97. The summed E-state index contributed by atoms with van der Waals surface area (Å²) in [5.41, 5.74) is 0.543. The zero-order valence-corrected chi connectivity index (χ0v) is 10.8. The normalized spacial score (nSPS) is 12.6. The minimum atomic E-state index is -4.37. The van der Waals surface area contributed by atoms with Crippen molar-refractivity contribution >= 4 is 22.3 Å². The lowest BCUT2D eigenvalue weighted by Gasteiger charge is -2.05. The molecule has 0 amide bonds. The van der Waals surface area contributed by atoms with Crippen molar-refractivity contribution in [1.82, 2.24) is 4.98 Å². The van der Waals surface area contributed by atoms with Crippen LogP contribution in [0.5, 0.6) is 0 Å². The quantitative estimate of drug-likeness (QED) is 0.838. The van der Waals surface area contributed by atoms with Crippen LogP contribution in [0.4, 0.5) is 18.3 Å². The van der Waals surface area contributed by atoms with Crippen LogP contribution in [0, 0.1) is 0 Å². The van der Waals surface area contributed by atoms with Crippen LogP contribution in [-0.2, 0) is 11.0 Å². The van der Waals surface area contributed by atoms with Gasteiger partial charge in [0.15, 0.2) is 10.9 Å². The average Bonchev–Trinajstić information content (AvgIpc) is 2.78. The first-order chi connectivity index (χ1) is 8.38. The Labute approximate surface area is 107 Å². The monoisotopic (exact) mass is 278 g/mol. The van der Waals surface area contributed by atoms with Gasteiger partial charge in [-0.05, 0) is 6.92 Å². The second-order valence-corrected chi connectivity index (χ2v) is 4.50. The first kappa shape index (κ1) is 14.7. The van der Waals surface area contributed by atoms with Gasteiger partial charge in [0, 0.05) is 18.5 Å². The highest BCUT2D eigenvalue weighted by molar-refractivity contribution is 7.15. The van der Waals surface area contributed by atoms with Gasteiger partial charge in [-0.25, -0.2) is 4.98 Å². The van der Waals surface area contributed by atoms with Crippen LogP contribution in [0.15, 0.2) is 17.8 Å². The van der Waals surface area contributed by atoms with Crippen molar-refractivity contribution in [1.29, 1.82) is 0 Å². The van der Waals surface area contributed by atoms with Crippen molar-refractivity contribution in [2.75, 3.05) is 11.9 Å². The summed E-state index contributed by atoms with van der Waals surface area (Å²) in [7, 11) is 0. The number of carbonyl (C=O) groups is 1. The third-order valence-electron chi connectivity index (χ3n) is 2.24. The predicted molar refractivity (Wildman–Crippen MR) is 64.7 cm³/mol. The summed E-state index contributed by atoms with van der Waals surface area (Å²) < 4.78 is 37.0. The number of carbonyl (C=O) groups excluding carboxylic acids is 1. The van der Waals surface area contributed by atoms with E-state index in [9.17, 15) is 18.0 Å². The summed E-state index contributed by atoms with van der Waals surface area (Å²) >= 11 is 0.526. The number of aromatic nitrogens is 1. The maximum absolute atomic E-state index is 12.3. The Hall–Kier alpha value is -1.37. The van der Waals surface area contributed by atoms with E-state index in [-0.39, 0.29) is 17.5 Å². The SMILES string of the molecule is C/C=C(/CNc1ncc(C(F)(F)F)s1)C(=O)CC. The minimum Gasteiger partial charge on any atom is -0.357 e. The summed E-state index contributed by atoms with van der Waals surface area (Å²) in [5.74, 6) is -0.0300. The molecule has 3 nitrogen and oxygen atoms in total. The Morgan fingerprint density at radius 2 is 2.22 bits per heavy atom. The minimum absolute atomic E-state index is 0.0300. The molecule has 1 aromatic heterocycles. The van der Waals surface area contributed by atoms with Gasteiger partial charge < -0.3 is 5.32 Å². The smallest absolute Gasteiger partial charge is 0.357 e. The van der Waals surface area contributed by atoms with Gasteiger partial charge in [-0.1, -0.05) is 24.3 Å². The van der Waals surface area contributed by atoms with E-state index >= 15 is 0 Å². The van der Waals surface area contributed by atoms with Crippen LogP contribution >= 0.6 is 11.3 Å². The van der Waals surface area contributed by atoms with Gasteiger partial charge in [-0.2, -0.15) is 13.2 Å². The summed E-state index contributed by atoms with van der Waals surface area (Å²) in [6.07, 6.45) is -1.58. The Morgan fingerprint density at radius 1 is 1.56 bits per heavy atom. The molecule has 0 aliphatic carbocycles. The van der Waals surface area contributed by atoms with Crippen molar-refractivity contribution in [3.8, 4) is 0 Å². The third-order valence-corrected chi connectivity index (χ3v) is 3.24. The summed E-state index contributed by atoms with van der Waals surface area (Å²) in [6.45, 7) is 3.64. The maximum atomic E-state index is 12.3. The largest absolute Gasteiger partial charge is 0.427 e. The highest BCUT2D eigenvalue weighted by Crippen LogP contribution is 2.34. The number of anilines is 1. The maximum Gasteiger partial charge on any atom is 0.427 e. The van der Waals surface area contributed by atoms with Crippen molar-refractivity contribution in [2.24, 2.45) is 0 Å². The standard InChI is InChI=1S/C11H13F3N2OS/c1-3-7(8(17)4-2)5-15-10-16-6-9(18-10)11(12,13)14/h3,6H,4-5H2,1-2H3,(H,15,16)/b7-3-. The summed E-state index contributed by atoms with van der Waals surface area (Å²) in [5, 5.41) is 2.88. The highest BCUT2D eigenvalue weighted by atomic mass is 32.1. The van der Waals surface area contributed by atoms with Gasteiger partial charge in [-0.15, -0.1) is 0 Å². The van der Waals surface area contributed by atoms with Crippen LogP contribution in [0.25, 0.3) is 0 Å². The number of rotatable bonds is 5. The molecule has 7 heteroatoms. The van der Waals surface area contributed by atoms with Gasteiger partial charge >= 0.3 is 6.18 Å². The van der Waals surface area contributed by atoms with Crippen molar-refractivity contribution < 1.29 is 18.0 Å². The van der Waals surface area contributed by atoms with Crippen LogP contribution in [0.1, 0.15) is 25.1 Å². The number of ketones is 1. The molecule has 0 bridgehead atoms. The number of nitrogens with one attached hydrogen (secondary N) is 1. The highest BCUT2D eigenvalue weighted by Gasteiger charge is 2.33. The van der Waals surface area contributed by atoms with Crippen LogP contribution < -0.4 is 5.32 Å². The topological polar surface area (TPSA) is 42.0 Å². The van der Waals surface area contributed by atoms with E-state index in [0.29, 0.717) is 23.3 Å². The Bertz CT molecular complexity index is 451. The van der Waals surface area contributed by atoms with Crippen molar-refractivity contribution in [2.45, 2.75) is 26.4 Å². The molecule has 0 saturated carbocycles.